The van der Waals surface area contributed by atoms with Crippen molar-refractivity contribution in [2.24, 2.45) is 10.2 Å². The first-order valence-corrected chi connectivity index (χ1v) is 15.9. The Hall–Kier alpha value is -4.58. The normalized spacial score (nSPS) is 11.9. The lowest BCUT2D eigenvalue weighted by Gasteiger charge is -2.14. The predicted octanol–water partition coefficient (Wildman–Crippen LogP) is 3.44. The summed E-state index contributed by atoms with van der Waals surface area (Å²) in [6.07, 6.45) is -0.630. The van der Waals surface area contributed by atoms with Crippen LogP contribution in [0.4, 0.5) is 11.4 Å². The minimum atomic E-state index is -3.36. The molecule has 16 nitrogen and oxygen atoms in total. The van der Waals surface area contributed by atoms with Gasteiger partial charge in [0.25, 0.3) is 11.0 Å². The van der Waals surface area contributed by atoms with E-state index in [4.69, 9.17) is 14.6 Å². The second-order valence-electron chi connectivity index (χ2n) is 8.53. The Bertz CT molecular complexity index is 1460. The second-order valence-corrected chi connectivity index (χ2v) is 13.1. The summed E-state index contributed by atoms with van der Waals surface area (Å²) >= 11 is 0. The Labute approximate surface area is 249 Å². The van der Waals surface area contributed by atoms with E-state index in [1.54, 1.807) is 6.92 Å². The third-order valence-electron chi connectivity index (χ3n) is 5.14. The first kappa shape index (κ1) is 34.6. The number of nitrogens with zero attached hydrogens (tertiary/aromatic N) is 3. The molecule has 0 aliphatic rings. The highest BCUT2D eigenvalue weighted by Gasteiger charge is 2.22. The van der Waals surface area contributed by atoms with Crippen LogP contribution in [0.25, 0.3) is 0 Å². The lowest BCUT2D eigenvalue weighted by atomic mass is 10.1. The number of hydrogen-bond donors (Lipinski definition) is 2. The molecule has 0 aliphatic carbocycles. The first-order chi connectivity index (χ1) is 20.3. The molecule has 2 rings (SSSR count). The molecule has 0 fully saturated rings. The molecule has 18 heteroatoms. The van der Waals surface area contributed by atoms with Crippen LogP contribution in [0.5, 0.6) is 5.75 Å². The Morgan fingerprint density at radius 1 is 1.09 bits per heavy atom. The van der Waals surface area contributed by atoms with Gasteiger partial charge in [0.1, 0.15) is 24.0 Å². The van der Waals surface area contributed by atoms with E-state index in [-0.39, 0.29) is 54.3 Å². The van der Waals surface area contributed by atoms with Gasteiger partial charge in [-0.05, 0) is 59.7 Å². The van der Waals surface area contributed by atoms with Crippen molar-refractivity contribution in [3.63, 3.8) is 0 Å². The average molecular weight is 641 g/mol. The molecule has 2 N–H and O–H groups in total. The third-order valence-corrected chi connectivity index (χ3v) is 7.69. The quantitative estimate of drug-likeness (QED) is 0.0480. The average Bonchev–Trinajstić information content (AvgIpc) is 2.93. The molecule has 2 aromatic rings. The van der Waals surface area contributed by atoms with Crippen LogP contribution in [0.3, 0.4) is 0 Å². The van der Waals surface area contributed by atoms with Crippen LogP contribution < -0.4 is 10.1 Å². The number of azo groups is 1. The smallest absolute Gasteiger partial charge is 0.342 e. The third kappa shape index (κ3) is 13.3. The number of benzene rings is 2. The number of nitrogens with one attached hydrogen (secondary N) is 1. The van der Waals surface area contributed by atoms with Crippen molar-refractivity contribution < 1.29 is 52.1 Å². The molecule has 1 amide bonds. The highest BCUT2D eigenvalue weighted by molar-refractivity contribution is 8.71. The van der Waals surface area contributed by atoms with Gasteiger partial charge in [-0.2, -0.15) is 10.2 Å². The Morgan fingerprint density at radius 2 is 1.74 bits per heavy atom. The van der Waals surface area contributed by atoms with Gasteiger partial charge in [0.05, 0.1) is 24.2 Å². The fourth-order valence-electron chi connectivity index (χ4n) is 3.13. The zero-order valence-corrected chi connectivity index (χ0v) is 24.6. The predicted molar refractivity (Wildman–Crippen MR) is 152 cm³/mol. The fourth-order valence-corrected chi connectivity index (χ4v) is 4.70. The summed E-state index contributed by atoms with van der Waals surface area (Å²) in [5.74, 6) is -3.68. The maximum atomic E-state index is 12.8. The summed E-state index contributed by atoms with van der Waals surface area (Å²) in [7, 11) is -2.79. The molecule has 2 aromatic carbocycles. The number of esters is 2. The molecule has 43 heavy (non-hydrogen) atoms. The van der Waals surface area contributed by atoms with Gasteiger partial charge in [-0.25, -0.2) is 13.2 Å². The molecule has 1 unspecified atom stereocenters. The number of carboxylic acids is 1. The van der Waals surface area contributed by atoms with Crippen molar-refractivity contribution in [2.45, 2.75) is 32.3 Å². The van der Waals surface area contributed by atoms with Crippen LogP contribution in [0.15, 0.2) is 52.7 Å². The number of ether oxygens (including phenoxy) is 2. The molecule has 0 heterocycles. The minimum absolute atomic E-state index is 0.0336. The zero-order chi connectivity index (χ0) is 32.0. The van der Waals surface area contributed by atoms with Gasteiger partial charge in [-0.15, -0.1) is 10.1 Å². The maximum absolute atomic E-state index is 12.8. The molecular formula is C25H28N4O12S2. The van der Waals surface area contributed by atoms with E-state index in [1.165, 1.54) is 42.5 Å². The molecule has 0 saturated heterocycles. The number of carboxylic acid groups (broad SMARTS) is 1. The van der Waals surface area contributed by atoms with Crippen LogP contribution in [-0.2, 0) is 28.0 Å². The molecule has 0 saturated carbocycles. The molecule has 1 atom stereocenters. The van der Waals surface area contributed by atoms with Gasteiger partial charge >= 0.3 is 17.9 Å². The molecule has 0 aliphatic heterocycles. The van der Waals surface area contributed by atoms with Gasteiger partial charge in [0.15, 0.2) is 8.87 Å². The Morgan fingerprint density at radius 3 is 2.35 bits per heavy atom. The summed E-state index contributed by atoms with van der Waals surface area (Å²) in [4.78, 5) is 62.9. The fraction of sp³-hybridized carbons (Fsp3) is 0.360. The molecule has 0 radical (unpaired) electrons. The second kappa shape index (κ2) is 16.8. The van der Waals surface area contributed by atoms with Crippen molar-refractivity contribution in [2.75, 3.05) is 25.2 Å². The molecule has 0 bridgehead atoms. The molecular weight excluding hydrogens is 612 g/mol. The number of amides is 1. The van der Waals surface area contributed by atoms with Crippen LogP contribution in [0, 0.1) is 10.1 Å². The van der Waals surface area contributed by atoms with Crippen LogP contribution in [-0.4, -0.2) is 73.7 Å². The van der Waals surface area contributed by atoms with Gasteiger partial charge in [0.2, 0.25) is 0 Å². The van der Waals surface area contributed by atoms with E-state index in [9.17, 15) is 37.7 Å². The molecule has 0 spiro atoms. The van der Waals surface area contributed by atoms with Gasteiger partial charge in [-0.3, -0.25) is 14.4 Å². The number of carbonyl (C=O) groups excluding carboxylic acids is 3. The van der Waals surface area contributed by atoms with Gasteiger partial charge < -0.3 is 24.7 Å². The van der Waals surface area contributed by atoms with E-state index in [2.05, 4.69) is 20.4 Å². The van der Waals surface area contributed by atoms with Crippen molar-refractivity contribution in [1.29, 1.82) is 0 Å². The van der Waals surface area contributed by atoms with Crippen LogP contribution in [0.1, 0.15) is 46.9 Å². The molecule has 232 valence electrons. The lowest BCUT2D eigenvalue weighted by Crippen LogP contribution is -2.25. The standard InChI is InChI=1S/C25H28N4O12S2/c1-3-19(41-29(35)36)15-23(32)40-21-9-8-18(14-20(21)25(34)39-12-13-42-43(2,37)38)28-27-17-6-4-16(5-7-17)24(33)26-11-10-22(30)31/h4-9,14,19H,3,10-13,15H2,1-2H3,(H,26,33)(H,30,31). The Balaban J connectivity index is 2.20. The zero-order valence-electron chi connectivity index (χ0n) is 23.0. The van der Waals surface area contributed by atoms with Crippen molar-refractivity contribution >= 4 is 54.9 Å². The summed E-state index contributed by atoms with van der Waals surface area (Å²) in [5.41, 5.74) is 0.487. The maximum Gasteiger partial charge on any atom is 0.342 e. The van der Waals surface area contributed by atoms with Crippen molar-refractivity contribution in [3.8, 4) is 5.75 Å². The largest absolute Gasteiger partial charge is 0.481 e. The van der Waals surface area contributed by atoms with E-state index in [0.29, 0.717) is 16.5 Å². The number of aliphatic carboxylic acids is 1. The van der Waals surface area contributed by atoms with E-state index < -0.39 is 50.3 Å². The highest BCUT2D eigenvalue weighted by Crippen LogP contribution is 2.28. The van der Waals surface area contributed by atoms with E-state index in [1.807, 2.05) is 0 Å². The number of hydrogen-bond acceptors (Lipinski definition) is 14. The minimum Gasteiger partial charge on any atom is -0.481 e. The lowest BCUT2D eigenvalue weighted by molar-refractivity contribution is -0.768. The Kier molecular flexibility index (Phi) is 13.5. The first-order valence-electron chi connectivity index (χ1n) is 12.5. The van der Waals surface area contributed by atoms with E-state index in [0.717, 1.165) is 6.26 Å². The van der Waals surface area contributed by atoms with Crippen LogP contribution >= 0.6 is 10.8 Å². The summed E-state index contributed by atoms with van der Waals surface area (Å²) in [5, 5.41) is 28.8. The van der Waals surface area contributed by atoms with Crippen LogP contribution in [0.2, 0.25) is 0 Å². The number of rotatable bonds is 17. The molecule has 0 aromatic heterocycles. The van der Waals surface area contributed by atoms with Gasteiger partial charge in [0, 0.05) is 24.1 Å². The topological polar surface area (TPSA) is 230 Å². The highest BCUT2D eigenvalue weighted by atomic mass is 33.1. The van der Waals surface area contributed by atoms with Gasteiger partial charge in [-0.1, -0.05) is 6.92 Å². The summed E-state index contributed by atoms with van der Waals surface area (Å²) in [6.45, 7) is 1.26. The number of carbonyl (C=O) groups is 4. The van der Waals surface area contributed by atoms with Crippen molar-refractivity contribution in [3.05, 3.63) is 63.7 Å². The summed E-state index contributed by atoms with van der Waals surface area (Å²) in [6, 6.07) is 9.71. The van der Waals surface area contributed by atoms with E-state index >= 15 is 0 Å². The van der Waals surface area contributed by atoms with Crippen molar-refractivity contribution in [1.82, 2.24) is 5.32 Å². The summed E-state index contributed by atoms with van der Waals surface area (Å²) < 4.78 is 33.0. The SMILES string of the molecule is CCC(CC(=O)Oc1ccc(N=Nc2ccc(C(=O)NCCC(=O)O)cc2)cc1C(=O)OCCSS(C)(=O)=O)O[N+](=O)[O-]. The monoisotopic (exact) mass is 640 g/mol.